The number of nitrogens with one attached hydrogen (secondary N) is 1. The summed E-state index contributed by atoms with van der Waals surface area (Å²) < 4.78 is 2.34. The molecule has 1 aromatic heterocycles. The van der Waals surface area contributed by atoms with Gasteiger partial charge in [-0.2, -0.15) is 0 Å². The van der Waals surface area contributed by atoms with E-state index in [0.29, 0.717) is 12.0 Å². The molecule has 0 amide bonds. The number of fused-ring (bicyclic) bond motifs is 1. The molecule has 1 aromatic carbocycles. The molecule has 0 radical (unpaired) electrons. The highest BCUT2D eigenvalue weighted by atomic mass is 15.0. The summed E-state index contributed by atoms with van der Waals surface area (Å²) >= 11 is 0. The van der Waals surface area contributed by atoms with Crippen molar-refractivity contribution in [1.82, 2.24) is 9.88 Å². The molecule has 2 aromatic rings. The molecule has 1 N–H and O–H groups in total. The third kappa shape index (κ3) is 1.67. The van der Waals surface area contributed by atoms with Gasteiger partial charge in [-0.05, 0) is 31.4 Å². The molecule has 2 unspecified atom stereocenters. The second-order valence-electron chi connectivity index (χ2n) is 5.52. The summed E-state index contributed by atoms with van der Waals surface area (Å²) in [5.41, 5.74) is 4.36. The predicted octanol–water partition coefficient (Wildman–Crippen LogP) is 3.34. The molecule has 2 atom stereocenters. The minimum Gasteiger partial charge on any atom is -0.348 e. The zero-order valence-electron chi connectivity index (χ0n) is 11.5. The highest BCUT2D eigenvalue weighted by molar-refractivity contribution is 5.86. The van der Waals surface area contributed by atoms with Crippen LogP contribution in [0.15, 0.2) is 24.3 Å². The van der Waals surface area contributed by atoms with E-state index in [2.05, 4.69) is 55.0 Å². The zero-order valence-corrected chi connectivity index (χ0v) is 11.5. The van der Waals surface area contributed by atoms with Crippen molar-refractivity contribution in [3.8, 4) is 0 Å². The lowest BCUT2D eigenvalue weighted by Gasteiger charge is -2.10. The molecular formula is C16H22N2. The molecule has 96 valence electrons. The highest BCUT2D eigenvalue weighted by Gasteiger charge is 2.28. The molecule has 2 heteroatoms. The Hall–Kier alpha value is -1.28. The van der Waals surface area contributed by atoms with Gasteiger partial charge in [0.15, 0.2) is 0 Å². The van der Waals surface area contributed by atoms with E-state index >= 15 is 0 Å². The number of hydrogen-bond acceptors (Lipinski definition) is 1. The predicted molar refractivity (Wildman–Crippen MR) is 77.1 cm³/mol. The number of aromatic nitrogens is 1. The molecule has 0 spiro atoms. The number of aryl methyl sites for hydroxylation is 1. The number of para-hydroxylation sites is 1. The molecule has 1 fully saturated rings. The Morgan fingerprint density at radius 2 is 2.11 bits per heavy atom. The molecule has 1 aliphatic rings. The molecule has 2 heterocycles. The fourth-order valence-corrected chi connectivity index (χ4v) is 3.42. The van der Waals surface area contributed by atoms with Crippen molar-refractivity contribution in [2.24, 2.45) is 7.05 Å². The van der Waals surface area contributed by atoms with Crippen LogP contribution in [0.2, 0.25) is 0 Å². The summed E-state index contributed by atoms with van der Waals surface area (Å²) in [6, 6.07) is 9.49. The first-order chi connectivity index (χ1) is 8.72. The first-order valence-electron chi connectivity index (χ1n) is 6.99. The SMILES string of the molecule is CCC1CC(c2c(C)n(C)c3ccccc23)CN1. The summed E-state index contributed by atoms with van der Waals surface area (Å²) in [6.07, 6.45) is 2.52. The van der Waals surface area contributed by atoms with Crippen molar-refractivity contribution < 1.29 is 0 Å². The van der Waals surface area contributed by atoms with Crippen LogP contribution in [0.3, 0.4) is 0 Å². The molecule has 1 saturated heterocycles. The average molecular weight is 242 g/mol. The lowest BCUT2D eigenvalue weighted by molar-refractivity contribution is 0.582. The molecule has 0 bridgehead atoms. The van der Waals surface area contributed by atoms with Gasteiger partial charge in [-0.1, -0.05) is 25.1 Å². The molecule has 3 rings (SSSR count). The van der Waals surface area contributed by atoms with Crippen LogP contribution < -0.4 is 5.32 Å². The Bertz CT molecular complexity index is 568. The third-order valence-electron chi connectivity index (χ3n) is 4.57. The third-order valence-corrected chi connectivity index (χ3v) is 4.57. The quantitative estimate of drug-likeness (QED) is 0.854. The van der Waals surface area contributed by atoms with Crippen LogP contribution in [0.25, 0.3) is 10.9 Å². The van der Waals surface area contributed by atoms with Crippen molar-refractivity contribution in [2.45, 2.75) is 38.6 Å². The van der Waals surface area contributed by atoms with Crippen LogP contribution in [0, 0.1) is 6.92 Å². The summed E-state index contributed by atoms with van der Waals surface area (Å²) in [7, 11) is 2.18. The minimum atomic E-state index is 0.682. The van der Waals surface area contributed by atoms with Crippen molar-refractivity contribution in [3.05, 3.63) is 35.5 Å². The van der Waals surface area contributed by atoms with Gasteiger partial charge in [0, 0.05) is 42.1 Å². The Balaban J connectivity index is 2.09. The second kappa shape index (κ2) is 4.43. The summed E-state index contributed by atoms with van der Waals surface area (Å²) in [5.74, 6) is 0.682. The molecule has 1 aliphatic heterocycles. The maximum Gasteiger partial charge on any atom is 0.0482 e. The van der Waals surface area contributed by atoms with Gasteiger partial charge in [-0.3, -0.25) is 0 Å². The van der Waals surface area contributed by atoms with Gasteiger partial charge in [-0.25, -0.2) is 0 Å². The number of benzene rings is 1. The van der Waals surface area contributed by atoms with Gasteiger partial charge < -0.3 is 9.88 Å². The van der Waals surface area contributed by atoms with Crippen LogP contribution in [0.4, 0.5) is 0 Å². The molecule has 0 aliphatic carbocycles. The van der Waals surface area contributed by atoms with Crippen LogP contribution in [0.1, 0.15) is 36.9 Å². The smallest absolute Gasteiger partial charge is 0.0482 e. The van der Waals surface area contributed by atoms with Gasteiger partial charge >= 0.3 is 0 Å². The van der Waals surface area contributed by atoms with Crippen molar-refractivity contribution in [2.75, 3.05) is 6.54 Å². The molecule has 0 saturated carbocycles. The van der Waals surface area contributed by atoms with Crippen LogP contribution in [0.5, 0.6) is 0 Å². The fraction of sp³-hybridized carbons (Fsp3) is 0.500. The van der Waals surface area contributed by atoms with Crippen molar-refractivity contribution in [3.63, 3.8) is 0 Å². The van der Waals surface area contributed by atoms with E-state index in [1.165, 1.54) is 29.4 Å². The summed E-state index contributed by atoms with van der Waals surface area (Å²) in [4.78, 5) is 0. The fourth-order valence-electron chi connectivity index (χ4n) is 3.42. The van der Waals surface area contributed by atoms with E-state index in [1.54, 1.807) is 5.56 Å². The maximum absolute atomic E-state index is 3.65. The van der Waals surface area contributed by atoms with Crippen molar-refractivity contribution in [1.29, 1.82) is 0 Å². The van der Waals surface area contributed by atoms with E-state index in [4.69, 9.17) is 0 Å². The Morgan fingerprint density at radius 3 is 2.83 bits per heavy atom. The lowest BCUT2D eigenvalue weighted by Crippen LogP contribution is -2.19. The number of nitrogens with zero attached hydrogens (tertiary/aromatic N) is 1. The van der Waals surface area contributed by atoms with E-state index in [0.717, 1.165) is 6.54 Å². The normalized spacial score (nSPS) is 23.9. The second-order valence-corrected chi connectivity index (χ2v) is 5.52. The molecular weight excluding hydrogens is 220 g/mol. The van der Waals surface area contributed by atoms with Gasteiger partial charge in [0.25, 0.3) is 0 Å². The van der Waals surface area contributed by atoms with Crippen LogP contribution >= 0.6 is 0 Å². The topological polar surface area (TPSA) is 17.0 Å². The van der Waals surface area contributed by atoms with E-state index in [-0.39, 0.29) is 0 Å². The Morgan fingerprint density at radius 1 is 1.33 bits per heavy atom. The minimum absolute atomic E-state index is 0.682. The molecule has 2 nitrogen and oxygen atoms in total. The number of rotatable bonds is 2. The van der Waals surface area contributed by atoms with Gasteiger partial charge in [-0.15, -0.1) is 0 Å². The van der Waals surface area contributed by atoms with Gasteiger partial charge in [0.1, 0.15) is 0 Å². The largest absolute Gasteiger partial charge is 0.348 e. The monoisotopic (exact) mass is 242 g/mol. The van der Waals surface area contributed by atoms with Crippen molar-refractivity contribution >= 4 is 10.9 Å². The highest BCUT2D eigenvalue weighted by Crippen LogP contribution is 2.35. The molecule has 18 heavy (non-hydrogen) atoms. The summed E-state index contributed by atoms with van der Waals surface area (Å²) in [5, 5.41) is 5.09. The van der Waals surface area contributed by atoms with E-state index in [1.807, 2.05) is 0 Å². The first kappa shape index (κ1) is 11.8. The van der Waals surface area contributed by atoms with E-state index in [9.17, 15) is 0 Å². The summed E-state index contributed by atoms with van der Waals surface area (Å²) in [6.45, 7) is 5.66. The Labute approximate surface area is 109 Å². The van der Waals surface area contributed by atoms with E-state index < -0.39 is 0 Å². The zero-order chi connectivity index (χ0) is 12.7. The lowest BCUT2D eigenvalue weighted by atomic mass is 9.93. The van der Waals surface area contributed by atoms with Gasteiger partial charge in [0.2, 0.25) is 0 Å². The van der Waals surface area contributed by atoms with Gasteiger partial charge in [0.05, 0.1) is 0 Å². The first-order valence-corrected chi connectivity index (χ1v) is 6.99. The standard InChI is InChI=1S/C16H22N2/c1-4-13-9-12(10-17-13)16-11(2)18(3)15-8-6-5-7-14(15)16/h5-8,12-13,17H,4,9-10H2,1-3H3. The Kier molecular flexibility index (Phi) is 2.90. The maximum atomic E-state index is 3.65. The van der Waals surface area contributed by atoms with Crippen LogP contribution in [-0.4, -0.2) is 17.2 Å². The average Bonchev–Trinajstić information content (AvgIpc) is 2.95. The number of hydrogen-bond donors (Lipinski definition) is 1. The van der Waals surface area contributed by atoms with Crippen LogP contribution in [-0.2, 0) is 7.05 Å².